The first-order valence-corrected chi connectivity index (χ1v) is 7.26. The standard InChI is InChI=1S/C11H22N2O4S/c1-17-7-3-5-9(10(14)15)13-11(16)12-6-4-8-18-2/h9H,3-8H2,1-2H3,(H,14,15)(H2,12,13,16). The van der Waals surface area contributed by atoms with Gasteiger partial charge in [0.05, 0.1) is 0 Å². The average molecular weight is 278 g/mol. The van der Waals surface area contributed by atoms with Crippen LogP contribution in [0.4, 0.5) is 4.79 Å². The lowest BCUT2D eigenvalue weighted by Crippen LogP contribution is -2.46. The van der Waals surface area contributed by atoms with Gasteiger partial charge in [0, 0.05) is 20.3 Å². The van der Waals surface area contributed by atoms with Gasteiger partial charge in [0.25, 0.3) is 0 Å². The predicted octanol–water partition coefficient (Wildman–Crippen LogP) is 0.919. The van der Waals surface area contributed by atoms with Gasteiger partial charge in [-0.25, -0.2) is 9.59 Å². The van der Waals surface area contributed by atoms with Gasteiger partial charge >= 0.3 is 12.0 Å². The second-order valence-electron chi connectivity index (χ2n) is 3.77. The van der Waals surface area contributed by atoms with Gasteiger partial charge in [0.15, 0.2) is 0 Å². The number of amides is 2. The van der Waals surface area contributed by atoms with Crippen LogP contribution >= 0.6 is 11.8 Å². The Kier molecular flexibility index (Phi) is 10.6. The van der Waals surface area contributed by atoms with Crippen LogP contribution in [-0.2, 0) is 9.53 Å². The average Bonchev–Trinajstić information content (AvgIpc) is 2.33. The maximum absolute atomic E-state index is 11.4. The number of methoxy groups -OCH3 is 1. The van der Waals surface area contributed by atoms with Crippen molar-refractivity contribution in [1.29, 1.82) is 0 Å². The molecule has 0 rings (SSSR count). The Bertz CT molecular complexity index is 251. The molecular weight excluding hydrogens is 256 g/mol. The summed E-state index contributed by atoms with van der Waals surface area (Å²) in [5.41, 5.74) is 0. The van der Waals surface area contributed by atoms with Crippen LogP contribution in [0.1, 0.15) is 19.3 Å². The van der Waals surface area contributed by atoms with E-state index in [4.69, 9.17) is 9.84 Å². The minimum absolute atomic E-state index is 0.363. The van der Waals surface area contributed by atoms with Crippen molar-refractivity contribution in [2.24, 2.45) is 0 Å². The van der Waals surface area contributed by atoms with Gasteiger partial charge in [0.2, 0.25) is 0 Å². The number of aliphatic carboxylic acids is 1. The molecule has 2 amide bonds. The number of hydrogen-bond acceptors (Lipinski definition) is 4. The van der Waals surface area contributed by atoms with Crippen LogP contribution in [0.15, 0.2) is 0 Å². The fraction of sp³-hybridized carbons (Fsp3) is 0.818. The maximum Gasteiger partial charge on any atom is 0.326 e. The van der Waals surface area contributed by atoms with Gasteiger partial charge in [-0.1, -0.05) is 0 Å². The van der Waals surface area contributed by atoms with Gasteiger partial charge in [-0.3, -0.25) is 0 Å². The molecule has 0 heterocycles. The minimum Gasteiger partial charge on any atom is -0.480 e. The molecule has 0 aromatic heterocycles. The van der Waals surface area contributed by atoms with Crippen LogP contribution in [0.3, 0.4) is 0 Å². The highest BCUT2D eigenvalue weighted by atomic mass is 32.2. The predicted molar refractivity (Wildman–Crippen MR) is 72.1 cm³/mol. The molecule has 7 heteroatoms. The van der Waals surface area contributed by atoms with Crippen LogP contribution < -0.4 is 10.6 Å². The molecule has 0 aromatic carbocycles. The Morgan fingerprint density at radius 3 is 2.67 bits per heavy atom. The molecular formula is C11H22N2O4S. The first-order chi connectivity index (χ1) is 8.61. The zero-order chi connectivity index (χ0) is 13.8. The lowest BCUT2D eigenvalue weighted by atomic mass is 10.1. The van der Waals surface area contributed by atoms with Crippen molar-refractivity contribution in [3.63, 3.8) is 0 Å². The number of hydrogen-bond donors (Lipinski definition) is 3. The van der Waals surface area contributed by atoms with E-state index < -0.39 is 18.0 Å². The lowest BCUT2D eigenvalue weighted by molar-refractivity contribution is -0.139. The molecule has 0 fully saturated rings. The summed E-state index contributed by atoms with van der Waals surface area (Å²) < 4.78 is 4.85. The Balaban J connectivity index is 3.85. The van der Waals surface area contributed by atoms with Crippen molar-refractivity contribution in [2.45, 2.75) is 25.3 Å². The fourth-order valence-corrected chi connectivity index (χ4v) is 1.75. The molecule has 0 radical (unpaired) electrons. The van der Waals surface area contributed by atoms with Gasteiger partial charge in [-0.2, -0.15) is 11.8 Å². The number of urea groups is 1. The molecule has 3 N–H and O–H groups in total. The van der Waals surface area contributed by atoms with E-state index in [1.807, 2.05) is 6.26 Å². The van der Waals surface area contributed by atoms with Gasteiger partial charge in [-0.15, -0.1) is 0 Å². The van der Waals surface area contributed by atoms with Crippen molar-refractivity contribution in [1.82, 2.24) is 10.6 Å². The Hall–Kier alpha value is -0.950. The molecule has 18 heavy (non-hydrogen) atoms. The molecule has 0 aliphatic rings. The van der Waals surface area contributed by atoms with E-state index in [-0.39, 0.29) is 0 Å². The van der Waals surface area contributed by atoms with Crippen molar-refractivity contribution >= 4 is 23.8 Å². The number of nitrogens with one attached hydrogen (secondary N) is 2. The van der Waals surface area contributed by atoms with Gasteiger partial charge < -0.3 is 20.5 Å². The van der Waals surface area contributed by atoms with Crippen molar-refractivity contribution in [3.8, 4) is 0 Å². The number of carboxylic acids is 1. The number of carbonyl (C=O) groups excluding carboxylic acids is 1. The normalized spacial score (nSPS) is 11.9. The molecule has 1 atom stereocenters. The highest BCUT2D eigenvalue weighted by Crippen LogP contribution is 1.98. The molecule has 0 spiro atoms. The molecule has 0 bridgehead atoms. The second-order valence-corrected chi connectivity index (χ2v) is 4.76. The summed E-state index contributed by atoms with van der Waals surface area (Å²) in [5.74, 6) is -0.0541. The summed E-state index contributed by atoms with van der Waals surface area (Å²) in [6.07, 6.45) is 3.83. The topological polar surface area (TPSA) is 87.7 Å². The number of carboxylic acid groups (broad SMARTS) is 1. The quantitative estimate of drug-likeness (QED) is 0.517. The van der Waals surface area contributed by atoms with Crippen LogP contribution in [0.25, 0.3) is 0 Å². The number of rotatable bonds is 10. The Labute approximate surface area is 112 Å². The SMILES string of the molecule is COCCCC(NC(=O)NCCCSC)C(=O)O. The van der Waals surface area contributed by atoms with Crippen molar-refractivity contribution in [2.75, 3.05) is 32.3 Å². The molecule has 6 nitrogen and oxygen atoms in total. The second kappa shape index (κ2) is 11.2. The first-order valence-electron chi connectivity index (χ1n) is 5.86. The Morgan fingerprint density at radius 1 is 1.39 bits per heavy atom. The van der Waals surface area contributed by atoms with Gasteiger partial charge in [-0.05, 0) is 31.3 Å². The summed E-state index contributed by atoms with van der Waals surface area (Å²) in [6.45, 7) is 1.04. The van der Waals surface area contributed by atoms with E-state index >= 15 is 0 Å². The largest absolute Gasteiger partial charge is 0.480 e. The number of carbonyl (C=O) groups is 2. The monoisotopic (exact) mass is 278 g/mol. The lowest BCUT2D eigenvalue weighted by Gasteiger charge is -2.14. The summed E-state index contributed by atoms with van der Waals surface area (Å²) in [4.78, 5) is 22.3. The van der Waals surface area contributed by atoms with Crippen molar-refractivity contribution in [3.05, 3.63) is 0 Å². The van der Waals surface area contributed by atoms with E-state index in [9.17, 15) is 9.59 Å². The molecule has 0 aromatic rings. The van der Waals surface area contributed by atoms with Gasteiger partial charge in [0.1, 0.15) is 6.04 Å². The molecule has 0 aliphatic heterocycles. The van der Waals surface area contributed by atoms with Crippen LogP contribution in [0.5, 0.6) is 0 Å². The minimum atomic E-state index is -1.02. The fourth-order valence-electron chi connectivity index (χ4n) is 1.32. The van der Waals surface area contributed by atoms with E-state index in [1.165, 1.54) is 0 Å². The van der Waals surface area contributed by atoms with Crippen LogP contribution in [0.2, 0.25) is 0 Å². The van der Waals surface area contributed by atoms with Crippen molar-refractivity contribution < 1.29 is 19.4 Å². The molecule has 1 unspecified atom stereocenters. The van der Waals surface area contributed by atoms with Crippen LogP contribution in [-0.4, -0.2) is 55.4 Å². The number of ether oxygens (including phenoxy) is 1. The summed E-state index contributed by atoms with van der Waals surface area (Å²) in [6, 6.07) is -1.29. The zero-order valence-electron chi connectivity index (χ0n) is 10.9. The van der Waals surface area contributed by atoms with Crippen LogP contribution in [0, 0.1) is 0 Å². The summed E-state index contributed by atoms with van der Waals surface area (Å²) in [7, 11) is 1.56. The summed E-state index contributed by atoms with van der Waals surface area (Å²) in [5, 5.41) is 14.0. The van der Waals surface area contributed by atoms with E-state index in [0.29, 0.717) is 26.0 Å². The smallest absolute Gasteiger partial charge is 0.326 e. The molecule has 106 valence electrons. The zero-order valence-corrected chi connectivity index (χ0v) is 11.7. The first kappa shape index (κ1) is 17.1. The highest BCUT2D eigenvalue weighted by molar-refractivity contribution is 7.98. The molecule has 0 saturated carbocycles. The van der Waals surface area contributed by atoms with E-state index in [2.05, 4.69) is 10.6 Å². The molecule has 0 aliphatic carbocycles. The highest BCUT2D eigenvalue weighted by Gasteiger charge is 2.18. The third-order valence-corrected chi connectivity index (χ3v) is 2.95. The van der Waals surface area contributed by atoms with E-state index in [1.54, 1.807) is 18.9 Å². The van der Waals surface area contributed by atoms with E-state index in [0.717, 1.165) is 12.2 Å². The third kappa shape index (κ3) is 9.12. The summed E-state index contributed by atoms with van der Waals surface area (Å²) >= 11 is 1.71. The molecule has 0 saturated heterocycles. The number of thioether (sulfide) groups is 1. The Morgan fingerprint density at radius 2 is 2.11 bits per heavy atom. The maximum atomic E-state index is 11.4. The third-order valence-electron chi connectivity index (χ3n) is 2.26.